The molecule has 0 atom stereocenters. The molecule has 0 aliphatic carbocycles. The number of aromatic amines is 1. The molecule has 0 radical (unpaired) electrons. The number of Topliss-reactive ketones (excluding diaryl/α,β-unsaturated/α-hetero) is 1. The minimum Gasteiger partial charge on any atom is -0.363 e. The van der Waals surface area contributed by atoms with Crippen molar-refractivity contribution in [3.8, 4) is 0 Å². The summed E-state index contributed by atoms with van der Waals surface area (Å²) in [5, 5.41) is 2.49. The SMILES string of the molecule is CCc1[nH]cc(C(=O)NCc2ccccc2F)c(=O)c1C(C)=O. The Kier molecular flexibility index (Phi) is 5.05. The second kappa shape index (κ2) is 7.00. The number of aromatic nitrogens is 1. The monoisotopic (exact) mass is 316 g/mol. The molecule has 0 bridgehead atoms. The third-order valence-electron chi connectivity index (χ3n) is 3.51. The molecule has 0 unspecified atom stereocenters. The van der Waals surface area contributed by atoms with Crippen molar-refractivity contribution in [1.29, 1.82) is 0 Å². The van der Waals surface area contributed by atoms with Gasteiger partial charge in [0.2, 0.25) is 5.43 Å². The molecule has 1 aromatic heterocycles. The van der Waals surface area contributed by atoms with Gasteiger partial charge in [0.25, 0.3) is 5.91 Å². The first-order chi connectivity index (χ1) is 11.0. The Morgan fingerprint density at radius 1 is 1.26 bits per heavy atom. The van der Waals surface area contributed by atoms with Gasteiger partial charge in [0.05, 0.1) is 5.56 Å². The quantitative estimate of drug-likeness (QED) is 0.830. The van der Waals surface area contributed by atoms with E-state index < -0.39 is 22.9 Å². The van der Waals surface area contributed by atoms with Crippen molar-refractivity contribution in [2.45, 2.75) is 26.8 Å². The maximum atomic E-state index is 13.5. The van der Waals surface area contributed by atoms with E-state index in [0.29, 0.717) is 17.7 Å². The number of H-pyrrole nitrogens is 1. The molecule has 0 spiro atoms. The number of hydrogen-bond donors (Lipinski definition) is 2. The maximum absolute atomic E-state index is 13.5. The maximum Gasteiger partial charge on any atom is 0.257 e. The number of benzene rings is 1. The average Bonchev–Trinajstić information content (AvgIpc) is 2.53. The van der Waals surface area contributed by atoms with Crippen LogP contribution in [0.2, 0.25) is 0 Å². The van der Waals surface area contributed by atoms with E-state index in [2.05, 4.69) is 10.3 Å². The number of carbonyl (C=O) groups is 2. The number of carbonyl (C=O) groups excluding carboxylic acids is 2. The van der Waals surface area contributed by atoms with E-state index in [1.807, 2.05) is 0 Å². The molecule has 0 fully saturated rings. The van der Waals surface area contributed by atoms with Gasteiger partial charge in [0.1, 0.15) is 11.4 Å². The Bertz CT molecular complexity index is 812. The fourth-order valence-corrected chi connectivity index (χ4v) is 2.30. The summed E-state index contributed by atoms with van der Waals surface area (Å²) >= 11 is 0. The number of hydrogen-bond acceptors (Lipinski definition) is 3. The van der Waals surface area contributed by atoms with Gasteiger partial charge in [0, 0.05) is 24.0 Å². The first-order valence-electron chi connectivity index (χ1n) is 7.22. The van der Waals surface area contributed by atoms with Crippen LogP contribution < -0.4 is 10.7 Å². The van der Waals surface area contributed by atoms with Crippen LogP contribution in [0.15, 0.2) is 35.3 Å². The zero-order valence-corrected chi connectivity index (χ0v) is 12.9. The largest absolute Gasteiger partial charge is 0.363 e. The number of amides is 1. The summed E-state index contributed by atoms with van der Waals surface area (Å²) < 4.78 is 13.5. The van der Waals surface area contributed by atoms with Crippen molar-refractivity contribution in [3.63, 3.8) is 0 Å². The lowest BCUT2D eigenvalue weighted by Gasteiger charge is -2.09. The highest BCUT2D eigenvalue weighted by atomic mass is 19.1. The third kappa shape index (κ3) is 3.53. The number of aryl methyl sites for hydroxylation is 1. The smallest absolute Gasteiger partial charge is 0.257 e. The Labute approximate surface area is 132 Å². The van der Waals surface area contributed by atoms with Gasteiger partial charge in [0.15, 0.2) is 5.78 Å². The Hall–Kier alpha value is -2.76. The van der Waals surface area contributed by atoms with Gasteiger partial charge in [-0.1, -0.05) is 25.1 Å². The fourth-order valence-electron chi connectivity index (χ4n) is 2.30. The minimum atomic E-state index is -0.653. The number of nitrogens with one attached hydrogen (secondary N) is 2. The molecule has 0 aliphatic heterocycles. The summed E-state index contributed by atoms with van der Waals surface area (Å²) in [5.41, 5.74) is 0.0244. The molecule has 2 N–H and O–H groups in total. The van der Waals surface area contributed by atoms with E-state index in [-0.39, 0.29) is 17.7 Å². The summed E-state index contributed by atoms with van der Waals surface area (Å²) in [6.07, 6.45) is 1.76. The molecule has 2 aromatic rings. The number of rotatable bonds is 5. The lowest BCUT2D eigenvalue weighted by atomic mass is 10.0. The normalized spacial score (nSPS) is 10.4. The van der Waals surface area contributed by atoms with Crippen LogP contribution in [0.3, 0.4) is 0 Å². The van der Waals surface area contributed by atoms with Crippen molar-refractivity contribution in [2.24, 2.45) is 0 Å². The van der Waals surface area contributed by atoms with Gasteiger partial charge in [-0.25, -0.2) is 4.39 Å². The first-order valence-corrected chi connectivity index (χ1v) is 7.22. The standard InChI is InChI=1S/C17H17FN2O3/c1-3-14-15(10(2)21)16(22)12(9-19-14)17(23)20-8-11-6-4-5-7-13(11)18/h4-7,9H,3,8H2,1-2H3,(H,19,22)(H,20,23). The Morgan fingerprint density at radius 3 is 2.57 bits per heavy atom. The van der Waals surface area contributed by atoms with Crippen LogP contribution in [0.25, 0.3) is 0 Å². The summed E-state index contributed by atoms with van der Waals surface area (Å²) in [6.45, 7) is 3.04. The van der Waals surface area contributed by atoms with Crippen molar-refractivity contribution in [1.82, 2.24) is 10.3 Å². The molecule has 6 heteroatoms. The Morgan fingerprint density at radius 2 is 1.96 bits per heavy atom. The summed E-state index contributed by atoms with van der Waals surface area (Å²) in [6, 6.07) is 6.04. The highest BCUT2D eigenvalue weighted by molar-refractivity contribution is 5.99. The molecule has 0 aliphatic rings. The number of ketones is 1. The van der Waals surface area contributed by atoms with Crippen LogP contribution in [-0.2, 0) is 13.0 Å². The molecule has 0 saturated carbocycles. The van der Waals surface area contributed by atoms with Crippen LogP contribution in [-0.4, -0.2) is 16.7 Å². The van der Waals surface area contributed by atoms with Gasteiger partial charge >= 0.3 is 0 Å². The lowest BCUT2D eigenvalue weighted by molar-refractivity contribution is 0.0949. The minimum absolute atomic E-state index is 0.00829. The first kappa shape index (κ1) is 16.6. The molecule has 5 nitrogen and oxygen atoms in total. The van der Waals surface area contributed by atoms with E-state index >= 15 is 0 Å². The van der Waals surface area contributed by atoms with Crippen LogP contribution >= 0.6 is 0 Å². The van der Waals surface area contributed by atoms with Crippen molar-refractivity contribution in [2.75, 3.05) is 0 Å². The zero-order valence-electron chi connectivity index (χ0n) is 12.9. The van der Waals surface area contributed by atoms with Crippen LogP contribution in [0.5, 0.6) is 0 Å². The second-order valence-corrected chi connectivity index (χ2v) is 5.07. The molecule has 120 valence electrons. The Balaban J connectivity index is 2.27. The van der Waals surface area contributed by atoms with Gasteiger partial charge in [-0.3, -0.25) is 14.4 Å². The van der Waals surface area contributed by atoms with Crippen molar-refractivity contribution < 1.29 is 14.0 Å². The molecular weight excluding hydrogens is 299 g/mol. The van der Waals surface area contributed by atoms with Crippen molar-refractivity contribution >= 4 is 11.7 Å². The second-order valence-electron chi connectivity index (χ2n) is 5.07. The summed E-state index contributed by atoms with van der Waals surface area (Å²) in [5.74, 6) is -1.49. The average molecular weight is 316 g/mol. The van der Waals surface area contributed by atoms with Crippen LogP contribution in [0.4, 0.5) is 4.39 Å². The molecule has 1 heterocycles. The third-order valence-corrected chi connectivity index (χ3v) is 3.51. The van der Waals surface area contributed by atoms with E-state index in [9.17, 15) is 18.8 Å². The van der Waals surface area contributed by atoms with Crippen molar-refractivity contribution in [3.05, 3.63) is 68.9 Å². The van der Waals surface area contributed by atoms with E-state index in [1.54, 1.807) is 25.1 Å². The predicted octanol–water partition coefficient (Wildman–Crippen LogP) is 2.21. The zero-order chi connectivity index (χ0) is 17.0. The van der Waals surface area contributed by atoms with Gasteiger partial charge in [-0.05, 0) is 19.4 Å². The summed E-state index contributed by atoms with van der Waals surface area (Å²) in [7, 11) is 0. The molecular formula is C17H17FN2O3. The molecule has 1 aromatic carbocycles. The van der Waals surface area contributed by atoms with Gasteiger partial charge in [-0.2, -0.15) is 0 Å². The number of pyridine rings is 1. The molecule has 1 amide bonds. The van der Waals surface area contributed by atoms with Crippen LogP contribution in [0, 0.1) is 5.82 Å². The van der Waals surface area contributed by atoms with Crippen LogP contribution in [0.1, 0.15) is 45.8 Å². The topological polar surface area (TPSA) is 79.0 Å². The predicted molar refractivity (Wildman–Crippen MR) is 84.0 cm³/mol. The molecule has 0 saturated heterocycles. The molecule has 2 rings (SSSR count). The fraction of sp³-hybridized carbons (Fsp3) is 0.235. The summed E-state index contributed by atoms with van der Waals surface area (Å²) in [4.78, 5) is 38.9. The lowest BCUT2D eigenvalue weighted by Crippen LogP contribution is -2.31. The van der Waals surface area contributed by atoms with E-state index in [0.717, 1.165) is 0 Å². The van der Waals surface area contributed by atoms with Gasteiger partial charge < -0.3 is 10.3 Å². The highest BCUT2D eigenvalue weighted by Crippen LogP contribution is 2.07. The van der Waals surface area contributed by atoms with Gasteiger partial charge in [-0.15, -0.1) is 0 Å². The highest BCUT2D eigenvalue weighted by Gasteiger charge is 2.19. The molecule has 23 heavy (non-hydrogen) atoms. The number of halogens is 1. The van der Waals surface area contributed by atoms with E-state index in [1.165, 1.54) is 19.2 Å². The van der Waals surface area contributed by atoms with E-state index in [4.69, 9.17) is 0 Å².